The first-order valence-corrected chi connectivity index (χ1v) is 10.1. The summed E-state index contributed by atoms with van der Waals surface area (Å²) in [5.41, 5.74) is 3.08. The van der Waals surface area contributed by atoms with E-state index in [0.29, 0.717) is 33.1 Å². The molecule has 4 rings (SSSR count). The lowest BCUT2D eigenvalue weighted by Crippen LogP contribution is -2.30. The number of hydrogen-bond acceptors (Lipinski definition) is 4. The quantitative estimate of drug-likeness (QED) is 0.427. The summed E-state index contributed by atoms with van der Waals surface area (Å²) < 4.78 is 11.5. The Balaban J connectivity index is 1.46. The van der Waals surface area contributed by atoms with Gasteiger partial charge in [-0.15, -0.1) is 0 Å². The van der Waals surface area contributed by atoms with Crippen LogP contribution in [0.5, 0.6) is 5.75 Å². The van der Waals surface area contributed by atoms with E-state index in [1.165, 1.54) is 4.90 Å². The molecule has 30 heavy (non-hydrogen) atoms. The minimum atomic E-state index is -0.226. The van der Waals surface area contributed by atoms with E-state index in [9.17, 15) is 4.79 Å². The van der Waals surface area contributed by atoms with Crippen LogP contribution in [-0.4, -0.2) is 11.0 Å². The predicted octanol–water partition coefficient (Wildman–Crippen LogP) is 5.39. The molecular formula is C23H19ClN2O3S. The first-order valence-electron chi connectivity index (χ1n) is 9.32. The first-order chi connectivity index (χ1) is 14.4. The zero-order valence-corrected chi connectivity index (χ0v) is 18.0. The summed E-state index contributed by atoms with van der Waals surface area (Å²) in [5.74, 6) is 1.65. The number of amides is 1. The van der Waals surface area contributed by atoms with E-state index < -0.39 is 0 Å². The molecule has 0 spiro atoms. The van der Waals surface area contributed by atoms with Gasteiger partial charge in [0.2, 0.25) is 0 Å². The monoisotopic (exact) mass is 438 g/mol. The SMILES string of the molecule is Cc1cccc(N2C(=O)/C(=C\c3ccc(COc4ccc(Cl)c(C)c4)o3)NC2=S)c1. The number of benzene rings is 2. The van der Waals surface area contributed by atoms with Crippen LogP contribution in [0.1, 0.15) is 22.6 Å². The predicted molar refractivity (Wildman–Crippen MR) is 122 cm³/mol. The number of carbonyl (C=O) groups excluding carboxylic acids is 1. The van der Waals surface area contributed by atoms with Gasteiger partial charge in [0.05, 0.1) is 5.69 Å². The van der Waals surface area contributed by atoms with E-state index in [1.54, 1.807) is 18.2 Å². The Hall–Kier alpha value is -3.09. The van der Waals surface area contributed by atoms with Crippen molar-refractivity contribution in [1.29, 1.82) is 0 Å². The van der Waals surface area contributed by atoms with Gasteiger partial charge >= 0.3 is 0 Å². The van der Waals surface area contributed by atoms with Crippen LogP contribution in [0.4, 0.5) is 5.69 Å². The molecule has 2 heterocycles. The summed E-state index contributed by atoms with van der Waals surface area (Å²) in [6.07, 6.45) is 1.64. The maximum absolute atomic E-state index is 12.8. The number of rotatable bonds is 5. The number of nitrogens with one attached hydrogen (secondary N) is 1. The average molecular weight is 439 g/mol. The van der Waals surface area contributed by atoms with Crippen LogP contribution < -0.4 is 15.0 Å². The van der Waals surface area contributed by atoms with Gasteiger partial charge in [0.15, 0.2) is 5.11 Å². The van der Waals surface area contributed by atoms with Crippen LogP contribution >= 0.6 is 23.8 Å². The average Bonchev–Trinajstić information content (AvgIpc) is 3.27. The molecule has 3 aromatic rings. The number of carbonyl (C=O) groups is 1. The lowest BCUT2D eigenvalue weighted by molar-refractivity contribution is -0.113. The Morgan fingerprint density at radius 3 is 2.77 bits per heavy atom. The molecule has 152 valence electrons. The molecule has 0 unspecified atom stereocenters. The van der Waals surface area contributed by atoms with Crippen molar-refractivity contribution in [3.8, 4) is 5.75 Å². The van der Waals surface area contributed by atoms with Gasteiger partial charge in [-0.05, 0) is 79.7 Å². The second-order valence-electron chi connectivity index (χ2n) is 6.97. The molecule has 1 aliphatic heterocycles. The molecule has 2 aromatic carbocycles. The highest BCUT2D eigenvalue weighted by Gasteiger charge is 2.32. The van der Waals surface area contributed by atoms with Crippen LogP contribution in [0, 0.1) is 13.8 Å². The molecule has 5 nitrogen and oxygen atoms in total. The van der Waals surface area contributed by atoms with Gasteiger partial charge in [0.1, 0.15) is 29.6 Å². The van der Waals surface area contributed by atoms with E-state index >= 15 is 0 Å². The standard InChI is InChI=1S/C23H19ClN2O3S/c1-14-4-3-5-16(10-14)26-22(27)21(25-23(26)30)12-18-6-7-19(29-18)13-28-17-8-9-20(24)15(2)11-17/h3-12H,13H2,1-2H3,(H,25,30)/b21-12+. The fourth-order valence-corrected chi connectivity index (χ4v) is 3.51. The van der Waals surface area contributed by atoms with Crippen LogP contribution in [0.2, 0.25) is 5.02 Å². The fraction of sp³-hybridized carbons (Fsp3) is 0.130. The van der Waals surface area contributed by atoms with Crippen molar-refractivity contribution in [2.24, 2.45) is 0 Å². The van der Waals surface area contributed by atoms with E-state index in [4.69, 9.17) is 33.0 Å². The first kappa shape index (κ1) is 20.2. The van der Waals surface area contributed by atoms with Gasteiger partial charge in [-0.25, -0.2) is 0 Å². The topological polar surface area (TPSA) is 54.7 Å². The maximum atomic E-state index is 12.8. The van der Waals surface area contributed by atoms with Crippen molar-refractivity contribution in [1.82, 2.24) is 5.32 Å². The third-order valence-electron chi connectivity index (χ3n) is 4.62. The Kier molecular flexibility index (Phi) is 5.61. The van der Waals surface area contributed by atoms with Crippen molar-refractivity contribution in [2.75, 3.05) is 4.90 Å². The summed E-state index contributed by atoms with van der Waals surface area (Å²) >= 11 is 11.4. The molecule has 1 N–H and O–H groups in total. The molecule has 0 aliphatic carbocycles. The number of halogens is 1. The molecule has 1 amide bonds. The molecule has 1 saturated heterocycles. The zero-order valence-electron chi connectivity index (χ0n) is 16.4. The number of nitrogens with zero attached hydrogens (tertiary/aromatic N) is 1. The van der Waals surface area contributed by atoms with Gasteiger partial charge in [-0.1, -0.05) is 23.7 Å². The van der Waals surface area contributed by atoms with E-state index in [-0.39, 0.29) is 12.5 Å². The lowest BCUT2D eigenvalue weighted by Gasteiger charge is -2.14. The molecular weight excluding hydrogens is 420 g/mol. The molecule has 0 bridgehead atoms. The number of ether oxygens (including phenoxy) is 1. The van der Waals surface area contributed by atoms with Crippen molar-refractivity contribution in [2.45, 2.75) is 20.5 Å². The van der Waals surface area contributed by atoms with Crippen molar-refractivity contribution >= 4 is 46.6 Å². The molecule has 7 heteroatoms. The van der Waals surface area contributed by atoms with Crippen molar-refractivity contribution in [3.05, 3.63) is 88.0 Å². The van der Waals surface area contributed by atoms with Gasteiger partial charge < -0.3 is 14.5 Å². The Labute approximate surface area is 184 Å². The van der Waals surface area contributed by atoms with Gasteiger partial charge in [-0.2, -0.15) is 0 Å². The Bertz CT molecular complexity index is 1170. The summed E-state index contributed by atoms with van der Waals surface area (Å²) in [5, 5.41) is 4.00. The highest BCUT2D eigenvalue weighted by Crippen LogP contribution is 2.25. The summed E-state index contributed by atoms with van der Waals surface area (Å²) in [6.45, 7) is 4.15. The normalized spacial score (nSPS) is 15.0. The maximum Gasteiger partial charge on any atom is 0.281 e. The second-order valence-corrected chi connectivity index (χ2v) is 7.77. The van der Waals surface area contributed by atoms with Crippen LogP contribution in [0.3, 0.4) is 0 Å². The number of furan rings is 1. The highest BCUT2D eigenvalue weighted by atomic mass is 35.5. The van der Waals surface area contributed by atoms with Gasteiger partial charge in [-0.3, -0.25) is 9.69 Å². The molecule has 1 aliphatic rings. The molecule has 1 aromatic heterocycles. The van der Waals surface area contributed by atoms with Crippen molar-refractivity contribution < 1.29 is 13.9 Å². The van der Waals surface area contributed by atoms with Gasteiger partial charge in [0.25, 0.3) is 5.91 Å². The molecule has 0 radical (unpaired) electrons. The Morgan fingerprint density at radius 2 is 2.00 bits per heavy atom. The zero-order chi connectivity index (χ0) is 21.3. The van der Waals surface area contributed by atoms with E-state index in [0.717, 1.165) is 16.8 Å². The van der Waals surface area contributed by atoms with Crippen LogP contribution in [0.25, 0.3) is 6.08 Å². The lowest BCUT2D eigenvalue weighted by atomic mass is 10.2. The summed E-state index contributed by atoms with van der Waals surface area (Å²) in [6, 6.07) is 16.7. The second kappa shape index (κ2) is 8.34. The van der Waals surface area contributed by atoms with E-state index in [1.807, 2.05) is 56.3 Å². The number of aryl methyl sites for hydroxylation is 2. The molecule has 0 saturated carbocycles. The van der Waals surface area contributed by atoms with Crippen molar-refractivity contribution in [3.63, 3.8) is 0 Å². The minimum Gasteiger partial charge on any atom is -0.486 e. The molecule has 0 atom stereocenters. The highest BCUT2D eigenvalue weighted by molar-refractivity contribution is 7.80. The number of thiocarbonyl (C=S) groups is 1. The third-order valence-corrected chi connectivity index (χ3v) is 5.33. The van der Waals surface area contributed by atoms with Crippen LogP contribution in [-0.2, 0) is 11.4 Å². The number of hydrogen-bond donors (Lipinski definition) is 1. The molecule has 1 fully saturated rings. The fourth-order valence-electron chi connectivity index (χ4n) is 3.09. The minimum absolute atomic E-state index is 0.226. The number of anilines is 1. The smallest absolute Gasteiger partial charge is 0.281 e. The third kappa shape index (κ3) is 4.25. The van der Waals surface area contributed by atoms with Gasteiger partial charge in [0, 0.05) is 11.1 Å². The summed E-state index contributed by atoms with van der Waals surface area (Å²) in [4.78, 5) is 14.3. The summed E-state index contributed by atoms with van der Waals surface area (Å²) in [7, 11) is 0. The Morgan fingerprint density at radius 1 is 1.17 bits per heavy atom. The van der Waals surface area contributed by atoms with Crippen LogP contribution in [0.15, 0.2) is 64.7 Å². The van der Waals surface area contributed by atoms with E-state index in [2.05, 4.69) is 5.32 Å². The largest absolute Gasteiger partial charge is 0.486 e.